The third-order valence-electron chi connectivity index (χ3n) is 3.89. The van der Waals surface area contributed by atoms with Gasteiger partial charge in [0.15, 0.2) is 5.76 Å². The summed E-state index contributed by atoms with van der Waals surface area (Å²) in [6.07, 6.45) is 0.297. The van der Waals surface area contributed by atoms with Crippen LogP contribution in [-0.4, -0.2) is 29.8 Å². The van der Waals surface area contributed by atoms with E-state index in [-0.39, 0.29) is 23.9 Å². The molecule has 3 rings (SSSR count). The van der Waals surface area contributed by atoms with Crippen LogP contribution >= 0.6 is 0 Å². The number of halogens is 1. The molecule has 30 heavy (non-hydrogen) atoms. The van der Waals surface area contributed by atoms with E-state index in [1.54, 1.807) is 19.1 Å². The van der Waals surface area contributed by atoms with Crippen molar-refractivity contribution in [1.82, 2.24) is 0 Å². The Morgan fingerprint density at radius 1 is 1.17 bits per heavy atom. The van der Waals surface area contributed by atoms with Gasteiger partial charge in [-0.2, -0.15) is 4.99 Å². The van der Waals surface area contributed by atoms with E-state index in [0.717, 1.165) is 17.8 Å². The van der Waals surface area contributed by atoms with Crippen LogP contribution in [0.5, 0.6) is 5.75 Å². The van der Waals surface area contributed by atoms with Crippen molar-refractivity contribution in [1.29, 1.82) is 0 Å². The standard InChI is InChI=1S/C21H16FNO7/c1-2-28-21(27)23-11-15-10-16(24)18(25)20(30-15)19(26)17-8-7-14(29-17)9-12-3-5-13(22)6-4-12/h3-8,10-11,25H,2,9H2,1H3/b23-11+. The molecule has 0 aliphatic heterocycles. The van der Waals surface area contributed by atoms with Gasteiger partial charge in [-0.05, 0) is 36.8 Å². The summed E-state index contributed by atoms with van der Waals surface area (Å²) in [6, 6.07) is 9.54. The van der Waals surface area contributed by atoms with E-state index in [1.165, 1.54) is 24.3 Å². The van der Waals surface area contributed by atoms with E-state index in [1.807, 2.05) is 0 Å². The number of rotatable bonds is 6. The molecule has 1 aromatic carbocycles. The molecule has 0 saturated carbocycles. The molecule has 8 nitrogen and oxygen atoms in total. The van der Waals surface area contributed by atoms with Crippen molar-refractivity contribution in [3.63, 3.8) is 0 Å². The first-order chi connectivity index (χ1) is 14.4. The third-order valence-corrected chi connectivity index (χ3v) is 3.89. The zero-order valence-corrected chi connectivity index (χ0v) is 15.8. The van der Waals surface area contributed by atoms with Gasteiger partial charge in [0.1, 0.15) is 17.3 Å². The average molecular weight is 413 g/mol. The molecule has 154 valence electrons. The van der Waals surface area contributed by atoms with Crippen LogP contribution in [0.4, 0.5) is 9.18 Å². The summed E-state index contributed by atoms with van der Waals surface area (Å²) in [4.78, 5) is 39.3. The SMILES string of the molecule is CCOC(=O)/N=C/c1cc(=O)c(O)c(C(=O)c2ccc(Cc3ccc(F)cc3)o2)o1. The minimum absolute atomic E-state index is 0.109. The fraction of sp³-hybridized carbons (Fsp3) is 0.143. The van der Waals surface area contributed by atoms with Gasteiger partial charge in [0.2, 0.25) is 16.9 Å². The maximum Gasteiger partial charge on any atom is 0.433 e. The molecule has 2 heterocycles. The number of aromatic hydroxyl groups is 1. The molecule has 0 spiro atoms. The molecule has 0 aliphatic rings. The topological polar surface area (TPSA) is 119 Å². The zero-order valence-electron chi connectivity index (χ0n) is 15.8. The van der Waals surface area contributed by atoms with Crippen molar-refractivity contribution in [2.45, 2.75) is 13.3 Å². The highest BCUT2D eigenvalue weighted by atomic mass is 19.1. The monoisotopic (exact) mass is 413 g/mol. The highest BCUT2D eigenvalue weighted by molar-refractivity contribution is 6.07. The lowest BCUT2D eigenvalue weighted by atomic mass is 10.1. The Morgan fingerprint density at radius 3 is 2.60 bits per heavy atom. The summed E-state index contributed by atoms with van der Waals surface area (Å²) in [5.74, 6) is -2.79. The van der Waals surface area contributed by atoms with Crippen molar-refractivity contribution in [2.24, 2.45) is 4.99 Å². The fourth-order valence-electron chi connectivity index (χ4n) is 2.51. The summed E-state index contributed by atoms with van der Waals surface area (Å²) >= 11 is 0. The Kier molecular flexibility index (Phi) is 6.21. The number of hydrogen-bond acceptors (Lipinski definition) is 7. The van der Waals surface area contributed by atoms with E-state index >= 15 is 0 Å². The first-order valence-electron chi connectivity index (χ1n) is 8.83. The van der Waals surface area contributed by atoms with Crippen molar-refractivity contribution in [2.75, 3.05) is 6.61 Å². The Labute approximate surface area is 169 Å². The van der Waals surface area contributed by atoms with Gasteiger partial charge in [-0.1, -0.05) is 12.1 Å². The molecule has 9 heteroatoms. The lowest BCUT2D eigenvalue weighted by molar-refractivity contribution is 0.0974. The number of amides is 1. The van der Waals surface area contributed by atoms with Crippen LogP contribution in [0.15, 0.2) is 61.1 Å². The van der Waals surface area contributed by atoms with Crippen molar-refractivity contribution >= 4 is 18.1 Å². The van der Waals surface area contributed by atoms with E-state index in [4.69, 9.17) is 8.83 Å². The molecular weight excluding hydrogens is 397 g/mol. The minimum Gasteiger partial charge on any atom is -0.501 e. The largest absolute Gasteiger partial charge is 0.501 e. The molecule has 0 fully saturated rings. The molecule has 0 saturated heterocycles. The number of ketones is 1. The van der Waals surface area contributed by atoms with Gasteiger partial charge in [-0.15, -0.1) is 0 Å². The highest BCUT2D eigenvalue weighted by Gasteiger charge is 2.23. The summed E-state index contributed by atoms with van der Waals surface area (Å²) in [6.45, 7) is 1.71. The predicted molar refractivity (Wildman–Crippen MR) is 103 cm³/mol. The second kappa shape index (κ2) is 8.99. The molecule has 0 atom stereocenters. The summed E-state index contributed by atoms with van der Waals surface area (Å²) < 4.78 is 28.3. The number of benzene rings is 1. The van der Waals surface area contributed by atoms with Crippen LogP contribution in [0.3, 0.4) is 0 Å². The molecule has 1 amide bonds. The third kappa shape index (κ3) is 4.88. The van der Waals surface area contributed by atoms with Crippen LogP contribution in [0.25, 0.3) is 0 Å². The van der Waals surface area contributed by atoms with Crippen LogP contribution in [0.2, 0.25) is 0 Å². The number of ether oxygens (including phenoxy) is 1. The van der Waals surface area contributed by atoms with Gasteiger partial charge >= 0.3 is 6.09 Å². The Balaban J connectivity index is 1.84. The highest BCUT2D eigenvalue weighted by Crippen LogP contribution is 2.21. The number of hydrogen-bond donors (Lipinski definition) is 1. The molecule has 0 unspecified atom stereocenters. The Morgan fingerprint density at radius 2 is 1.90 bits per heavy atom. The molecule has 2 aromatic heterocycles. The smallest absolute Gasteiger partial charge is 0.433 e. The lowest BCUT2D eigenvalue weighted by Crippen LogP contribution is -2.10. The first-order valence-corrected chi connectivity index (χ1v) is 8.83. The Hall–Kier alpha value is -4.01. The molecular formula is C21H16FNO7. The van der Waals surface area contributed by atoms with E-state index in [2.05, 4.69) is 9.73 Å². The fourth-order valence-corrected chi connectivity index (χ4v) is 2.51. The van der Waals surface area contributed by atoms with Crippen LogP contribution in [-0.2, 0) is 11.2 Å². The second-order valence-electron chi connectivity index (χ2n) is 6.05. The van der Waals surface area contributed by atoms with E-state index in [9.17, 15) is 23.9 Å². The summed E-state index contributed by atoms with van der Waals surface area (Å²) in [5, 5.41) is 9.94. The van der Waals surface area contributed by atoms with Crippen molar-refractivity contribution in [3.05, 3.63) is 87.1 Å². The number of nitrogens with zero attached hydrogens (tertiary/aromatic N) is 1. The number of aliphatic imine (C=N–C) groups is 1. The lowest BCUT2D eigenvalue weighted by Gasteiger charge is -2.02. The zero-order chi connectivity index (χ0) is 21.7. The van der Waals surface area contributed by atoms with E-state index in [0.29, 0.717) is 12.2 Å². The maximum absolute atomic E-state index is 13.0. The number of carbonyl (C=O) groups is 2. The summed E-state index contributed by atoms with van der Waals surface area (Å²) in [7, 11) is 0. The van der Waals surface area contributed by atoms with Crippen LogP contribution < -0.4 is 5.43 Å². The quantitative estimate of drug-likeness (QED) is 0.485. The second-order valence-corrected chi connectivity index (χ2v) is 6.05. The van der Waals surface area contributed by atoms with E-state index < -0.39 is 28.8 Å². The average Bonchev–Trinajstić information content (AvgIpc) is 3.18. The number of furan rings is 1. The van der Waals surface area contributed by atoms with Gasteiger partial charge in [-0.3, -0.25) is 9.59 Å². The van der Waals surface area contributed by atoms with Crippen LogP contribution in [0.1, 0.15) is 40.3 Å². The van der Waals surface area contributed by atoms with Crippen molar-refractivity contribution in [3.8, 4) is 5.75 Å². The predicted octanol–water partition coefficient (Wildman–Crippen LogP) is 3.47. The van der Waals surface area contributed by atoms with Gasteiger partial charge in [0, 0.05) is 12.5 Å². The van der Waals surface area contributed by atoms with Gasteiger partial charge < -0.3 is 18.7 Å². The Bertz CT molecular complexity index is 1160. The molecule has 0 bridgehead atoms. The minimum atomic E-state index is -0.905. The maximum atomic E-state index is 13.0. The molecule has 0 radical (unpaired) electrons. The molecule has 0 aliphatic carbocycles. The first kappa shape index (κ1) is 20.7. The normalized spacial score (nSPS) is 11.0. The van der Waals surface area contributed by atoms with Gasteiger partial charge in [0.25, 0.3) is 5.78 Å². The molecule has 1 N–H and O–H groups in total. The number of carbonyl (C=O) groups excluding carboxylic acids is 2. The van der Waals surface area contributed by atoms with Gasteiger partial charge in [0.05, 0.1) is 12.8 Å². The van der Waals surface area contributed by atoms with Crippen LogP contribution in [0, 0.1) is 5.82 Å². The van der Waals surface area contributed by atoms with Crippen molar-refractivity contribution < 1.29 is 32.7 Å². The van der Waals surface area contributed by atoms with Gasteiger partial charge in [-0.25, -0.2) is 9.18 Å². The molecule has 3 aromatic rings. The summed E-state index contributed by atoms with van der Waals surface area (Å²) in [5.41, 5.74) is -0.135.